The number of rotatable bonds is 2. The number of aliphatic carboxylic acids is 1. The molecule has 1 aliphatic rings. The molecule has 1 aliphatic heterocycles. The molecule has 0 bridgehead atoms. The Kier molecular flexibility index (Phi) is 3.64. The van der Waals surface area contributed by atoms with Crippen LogP contribution >= 0.6 is 0 Å². The van der Waals surface area contributed by atoms with Crippen molar-refractivity contribution >= 4 is 17.7 Å². The van der Waals surface area contributed by atoms with Crippen LogP contribution in [0.15, 0.2) is 18.2 Å². The predicted molar refractivity (Wildman–Crippen MR) is 62.7 cm³/mol. The largest absolute Gasteiger partial charge is 0.480 e. The predicted octanol–water partition coefficient (Wildman–Crippen LogP) is 2.05. The number of nitrogens with zero attached hydrogens (tertiary/aromatic N) is 1. The highest BCUT2D eigenvalue weighted by Gasteiger charge is 2.34. The molecule has 0 spiro atoms. The summed E-state index contributed by atoms with van der Waals surface area (Å²) in [7, 11) is 0. The van der Waals surface area contributed by atoms with Gasteiger partial charge in [0.05, 0.1) is 5.69 Å². The number of benzene rings is 1. The lowest BCUT2D eigenvalue weighted by atomic mass is 10.2. The minimum absolute atomic E-state index is 0.278. The molecule has 1 heterocycles. The molecule has 2 N–H and O–H groups in total. The number of carboxylic acids is 1. The van der Waals surface area contributed by atoms with Crippen molar-refractivity contribution in [3.63, 3.8) is 0 Å². The van der Waals surface area contributed by atoms with Gasteiger partial charge in [-0.25, -0.2) is 18.4 Å². The van der Waals surface area contributed by atoms with Crippen LogP contribution in [0, 0.1) is 11.6 Å². The van der Waals surface area contributed by atoms with E-state index in [0.717, 1.165) is 23.1 Å². The third-order valence-corrected chi connectivity index (χ3v) is 2.97. The van der Waals surface area contributed by atoms with Crippen molar-refractivity contribution in [1.29, 1.82) is 0 Å². The molecular weight excluding hydrogens is 258 g/mol. The standard InChI is InChI=1S/C12H12F2N2O3/c13-7-3-4-8(14)9(6-7)15-12(19)16-5-1-2-10(16)11(17)18/h3-4,6,10H,1-2,5H2,(H,15,19)(H,17,18)/t10-/m1/s1. The van der Waals surface area contributed by atoms with Gasteiger partial charge in [0, 0.05) is 12.6 Å². The fraction of sp³-hybridized carbons (Fsp3) is 0.333. The molecule has 102 valence electrons. The van der Waals surface area contributed by atoms with Crippen molar-refractivity contribution in [2.75, 3.05) is 11.9 Å². The zero-order valence-corrected chi connectivity index (χ0v) is 9.90. The summed E-state index contributed by atoms with van der Waals surface area (Å²) >= 11 is 0. The van der Waals surface area contributed by atoms with Crippen molar-refractivity contribution in [2.24, 2.45) is 0 Å². The lowest BCUT2D eigenvalue weighted by molar-refractivity contribution is -0.141. The Labute approximate surface area is 107 Å². The SMILES string of the molecule is O=C(O)[C@H]1CCCN1C(=O)Nc1cc(F)ccc1F. The van der Waals surface area contributed by atoms with Gasteiger partial charge in [0.15, 0.2) is 0 Å². The Hall–Kier alpha value is -2.18. The molecule has 0 saturated carbocycles. The minimum atomic E-state index is -1.10. The summed E-state index contributed by atoms with van der Waals surface area (Å²) in [6.45, 7) is 0.278. The normalized spacial score (nSPS) is 18.4. The highest BCUT2D eigenvalue weighted by Crippen LogP contribution is 2.21. The van der Waals surface area contributed by atoms with E-state index < -0.39 is 29.7 Å². The fourth-order valence-corrected chi connectivity index (χ4v) is 2.05. The van der Waals surface area contributed by atoms with Crippen LogP contribution in [-0.2, 0) is 4.79 Å². The maximum Gasteiger partial charge on any atom is 0.326 e. The summed E-state index contributed by atoms with van der Waals surface area (Å²) in [6, 6.07) is 1.01. The summed E-state index contributed by atoms with van der Waals surface area (Å²) in [6.07, 6.45) is 0.921. The van der Waals surface area contributed by atoms with Gasteiger partial charge >= 0.3 is 12.0 Å². The van der Waals surface area contributed by atoms with Gasteiger partial charge in [-0.15, -0.1) is 0 Å². The molecule has 7 heteroatoms. The van der Waals surface area contributed by atoms with E-state index in [1.807, 2.05) is 0 Å². The average molecular weight is 270 g/mol. The first-order chi connectivity index (χ1) is 8.99. The number of amides is 2. The highest BCUT2D eigenvalue weighted by molar-refractivity contribution is 5.92. The molecule has 0 radical (unpaired) electrons. The number of nitrogens with one attached hydrogen (secondary N) is 1. The van der Waals surface area contributed by atoms with Gasteiger partial charge in [-0.1, -0.05) is 0 Å². The molecule has 19 heavy (non-hydrogen) atoms. The van der Waals surface area contributed by atoms with E-state index in [1.165, 1.54) is 0 Å². The van der Waals surface area contributed by atoms with Crippen LogP contribution in [0.1, 0.15) is 12.8 Å². The number of carbonyl (C=O) groups excluding carboxylic acids is 1. The molecule has 0 aliphatic carbocycles. The molecule has 0 unspecified atom stereocenters. The highest BCUT2D eigenvalue weighted by atomic mass is 19.1. The zero-order chi connectivity index (χ0) is 14.0. The Morgan fingerprint density at radius 1 is 1.37 bits per heavy atom. The molecule has 0 aromatic heterocycles. The number of urea groups is 1. The van der Waals surface area contributed by atoms with Crippen LogP contribution in [0.3, 0.4) is 0 Å². The molecule has 1 aromatic rings. The Bertz CT molecular complexity index is 522. The molecule has 1 aromatic carbocycles. The molecular formula is C12H12F2N2O3. The van der Waals surface area contributed by atoms with Crippen molar-refractivity contribution < 1.29 is 23.5 Å². The second kappa shape index (κ2) is 5.21. The molecule has 1 saturated heterocycles. The number of halogens is 2. The molecule has 1 fully saturated rings. The van der Waals surface area contributed by atoms with Gasteiger partial charge in [-0.05, 0) is 25.0 Å². The lowest BCUT2D eigenvalue weighted by Gasteiger charge is -2.21. The van der Waals surface area contributed by atoms with Gasteiger partial charge in [0.25, 0.3) is 0 Å². The Morgan fingerprint density at radius 2 is 2.11 bits per heavy atom. The topological polar surface area (TPSA) is 69.6 Å². The smallest absolute Gasteiger partial charge is 0.326 e. The first kappa shape index (κ1) is 13.3. The van der Waals surface area contributed by atoms with E-state index >= 15 is 0 Å². The van der Waals surface area contributed by atoms with Crippen molar-refractivity contribution in [3.8, 4) is 0 Å². The second-order valence-corrected chi connectivity index (χ2v) is 4.24. The number of likely N-dealkylation sites (tertiary alicyclic amines) is 1. The maximum absolute atomic E-state index is 13.4. The van der Waals surface area contributed by atoms with Crippen LogP contribution < -0.4 is 5.32 Å². The van der Waals surface area contributed by atoms with Crippen LogP contribution in [-0.4, -0.2) is 34.6 Å². The van der Waals surface area contributed by atoms with E-state index in [2.05, 4.69) is 5.32 Å². The van der Waals surface area contributed by atoms with Gasteiger partial charge < -0.3 is 15.3 Å². The van der Waals surface area contributed by atoms with E-state index in [9.17, 15) is 18.4 Å². The minimum Gasteiger partial charge on any atom is -0.480 e. The molecule has 1 atom stereocenters. The fourth-order valence-electron chi connectivity index (χ4n) is 2.05. The van der Waals surface area contributed by atoms with Crippen molar-refractivity contribution in [3.05, 3.63) is 29.8 Å². The summed E-state index contributed by atoms with van der Waals surface area (Å²) in [4.78, 5) is 23.9. The summed E-state index contributed by atoms with van der Waals surface area (Å²) in [5, 5.41) is 11.1. The van der Waals surface area contributed by atoms with E-state index in [4.69, 9.17) is 5.11 Å². The molecule has 5 nitrogen and oxygen atoms in total. The van der Waals surface area contributed by atoms with E-state index in [0.29, 0.717) is 12.8 Å². The van der Waals surface area contributed by atoms with Gasteiger partial charge in [-0.2, -0.15) is 0 Å². The van der Waals surface area contributed by atoms with E-state index in [1.54, 1.807) is 0 Å². The summed E-state index contributed by atoms with van der Waals surface area (Å²) < 4.78 is 26.3. The monoisotopic (exact) mass is 270 g/mol. The van der Waals surface area contributed by atoms with Crippen molar-refractivity contribution in [2.45, 2.75) is 18.9 Å². The Morgan fingerprint density at radius 3 is 2.79 bits per heavy atom. The number of carbonyl (C=O) groups is 2. The van der Waals surface area contributed by atoms with Gasteiger partial charge in [0.2, 0.25) is 0 Å². The molecule has 2 amide bonds. The van der Waals surface area contributed by atoms with Crippen molar-refractivity contribution in [1.82, 2.24) is 4.90 Å². The summed E-state index contributed by atoms with van der Waals surface area (Å²) in [5.41, 5.74) is -0.305. The van der Waals surface area contributed by atoms with Gasteiger partial charge in [-0.3, -0.25) is 0 Å². The molecule has 2 rings (SSSR count). The van der Waals surface area contributed by atoms with Crippen LogP contribution in [0.2, 0.25) is 0 Å². The number of hydrogen-bond donors (Lipinski definition) is 2. The number of hydrogen-bond acceptors (Lipinski definition) is 2. The van der Waals surface area contributed by atoms with Crippen LogP contribution in [0.4, 0.5) is 19.3 Å². The first-order valence-corrected chi connectivity index (χ1v) is 5.74. The second-order valence-electron chi connectivity index (χ2n) is 4.24. The van der Waals surface area contributed by atoms with E-state index in [-0.39, 0.29) is 12.2 Å². The quantitative estimate of drug-likeness (QED) is 0.864. The number of carboxylic acid groups (broad SMARTS) is 1. The lowest BCUT2D eigenvalue weighted by Crippen LogP contribution is -2.42. The third-order valence-electron chi connectivity index (χ3n) is 2.97. The zero-order valence-electron chi connectivity index (χ0n) is 9.90. The number of anilines is 1. The average Bonchev–Trinajstić information content (AvgIpc) is 2.83. The summed E-state index contributed by atoms with van der Waals surface area (Å²) in [5.74, 6) is -2.57. The van der Waals surface area contributed by atoms with Gasteiger partial charge in [0.1, 0.15) is 17.7 Å². The Balaban J connectivity index is 2.12. The third kappa shape index (κ3) is 2.81. The van der Waals surface area contributed by atoms with Crippen LogP contribution in [0.25, 0.3) is 0 Å². The van der Waals surface area contributed by atoms with Crippen LogP contribution in [0.5, 0.6) is 0 Å². The maximum atomic E-state index is 13.4. The first-order valence-electron chi connectivity index (χ1n) is 5.74.